The number of hydrogen-bond donors (Lipinski definition) is 1. The Labute approximate surface area is 105 Å². The highest BCUT2D eigenvalue weighted by molar-refractivity contribution is 6.21. The molecule has 1 unspecified atom stereocenters. The van der Waals surface area contributed by atoms with Gasteiger partial charge in [-0.25, -0.2) is 0 Å². The van der Waals surface area contributed by atoms with E-state index in [4.69, 9.17) is 4.74 Å². The number of aliphatic hydroxyl groups excluding tert-OH is 1. The molecule has 1 aliphatic heterocycles. The Balaban J connectivity index is 2.30. The lowest BCUT2D eigenvalue weighted by molar-refractivity contribution is -0.149. The molecule has 1 spiro atoms. The number of esters is 1. The topological polar surface area (TPSA) is 80.7 Å². The van der Waals surface area contributed by atoms with Crippen LogP contribution in [0.5, 0.6) is 0 Å². The summed E-state index contributed by atoms with van der Waals surface area (Å²) >= 11 is 0. The van der Waals surface area contributed by atoms with Gasteiger partial charge >= 0.3 is 5.97 Å². The molecule has 5 nitrogen and oxygen atoms in total. The Kier molecular flexibility index (Phi) is 3.24. The Morgan fingerprint density at radius 1 is 1.39 bits per heavy atom. The fourth-order valence-corrected chi connectivity index (χ4v) is 2.61. The smallest absolute Gasteiger partial charge is 0.313 e. The van der Waals surface area contributed by atoms with Gasteiger partial charge in [-0.1, -0.05) is 6.92 Å². The summed E-state index contributed by atoms with van der Waals surface area (Å²) in [5.74, 6) is -1.45. The monoisotopic (exact) mass is 252 g/mol. The van der Waals surface area contributed by atoms with Crippen LogP contribution in [0.15, 0.2) is 11.3 Å². The Morgan fingerprint density at radius 2 is 2.11 bits per heavy atom. The number of aliphatic hydroxyl groups is 1. The van der Waals surface area contributed by atoms with Gasteiger partial charge in [0.25, 0.3) is 0 Å². The number of ether oxygens (including phenoxy) is 1. The molecule has 1 N–H and O–H groups in total. The van der Waals surface area contributed by atoms with Gasteiger partial charge in [-0.2, -0.15) is 0 Å². The molecule has 5 heteroatoms. The average Bonchev–Trinajstić information content (AvgIpc) is 2.59. The van der Waals surface area contributed by atoms with Gasteiger partial charge in [-0.3, -0.25) is 14.4 Å². The van der Waals surface area contributed by atoms with Crippen molar-refractivity contribution >= 4 is 17.5 Å². The molecular weight excluding hydrogens is 236 g/mol. The highest BCUT2D eigenvalue weighted by Gasteiger charge is 2.51. The van der Waals surface area contributed by atoms with Gasteiger partial charge in [0.15, 0.2) is 11.6 Å². The number of carbonyl (C=O) groups excluding carboxylic acids is 3. The third-order valence-electron chi connectivity index (χ3n) is 3.57. The van der Waals surface area contributed by atoms with Gasteiger partial charge in [-0.15, -0.1) is 0 Å². The normalized spacial score (nSPS) is 27.8. The van der Waals surface area contributed by atoms with Crippen LogP contribution in [0.2, 0.25) is 0 Å². The van der Waals surface area contributed by atoms with Crippen LogP contribution in [0.4, 0.5) is 0 Å². The minimum absolute atomic E-state index is 0.0271. The second-order valence-electron chi connectivity index (χ2n) is 4.94. The first kappa shape index (κ1) is 12.8. The van der Waals surface area contributed by atoms with Gasteiger partial charge in [0.05, 0.1) is 17.6 Å². The number of hydrogen-bond acceptors (Lipinski definition) is 5. The number of carbonyl (C=O) groups is 3. The zero-order valence-electron chi connectivity index (χ0n) is 10.3. The molecule has 0 bridgehead atoms. The summed E-state index contributed by atoms with van der Waals surface area (Å²) in [5, 5.41) is 9.91. The van der Waals surface area contributed by atoms with Crippen molar-refractivity contribution in [2.24, 2.45) is 5.41 Å². The van der Waals surface area contributed by atoms with Gasteiger partial charge in [0.2, 0.25) is 0 Å². The first-order valence-corrected chi connectivity index (χ1v) is 6.16. The largest absolute Gasteiger partial charge is 0.511 e. The molecule has 0 aromatic rings. The molecule has 1 fully saturated rings. The van der Waals surface area contributed by atoms with Crippen LogP contribution in [0.1, 0.15) is 39.0 Å². The number of rotatable bonds is 3. The zero-order chi connectivity index (χ0) is 13.3. The number of cyclic esters (lactones) is 1. The number of ketones is 2. The van der Waals surface area contributed by atoms with Crippen molar-refractivity contribution in [2.75, 3.05) is 6.61 Å². The number of allylic oxidation sites excluding steroid dienone is 2. The zero-order valence-corrected chi connectivity index (χ0v) is 10.3. The highest BCUT2D eigenvalue weighted by atomic mass is 16.5. The molecule has 0 aromatic carbocycles. The molecule has 2 aliphatic rings. The summed E-state index contributed by atoms with van der Waals surface area (Å²) in [7, 11) is 0. The minimum atomic E-state index is -0.933. The van der Waals surface area contributed by atoms with Gasteiger partial charge < -0.3 is 9.84 Å². The summed E-state index contributed by atoms with van der Waals surface area (Å²) in [6.07, 6.45) is 1.30. The van der Waals surface area contributed by atoms with E-state index in [1.807, 2.05) is 6.92 Å². The second kappa shape index (κ2) is 4.55. The van der Waals surface area contributed by atoms with E-state index in [0.29, 0.717) is 12.8 Å². The van der Waals surface area contributed by atoms with Crippen LogP contribution in [0.25, 0.3) is 0 Å². The summed E-state index contributed by atoms with van der Waals surface area (Å²) in [6, 6.07) is 0. The molecule has 0 radical (unpaired) electrons. The lowest BCUT2D eigenvalue weighted by Gasteiger charge is -2.28. The van der Waals surface area contributed by atoms with E-state index in [9.17, 15) is 19.5 Å². The lowest BCUT2D eigenvalue weighted by Crippen LogP contribution is -2.36. The van der Waals surface area contributed by atoms with E-state index in [2.05, 4.69) is 0 Å². The van der Waals surface area contributed by atoms with E-state index >= 15 is 0 Å². The average molecular weight is 252 g/mol. The van der Waals surface area contributed by atoms with Crippen molar-refractivity contribution in [2.45, 2.75) is 39.0 Å². The third-order valence-corrected chi connectivity index (χ3v) is 3.57. The summed E-state index contributed by atoms with van der Waals surface area (Å²) < 4.78 is 4.88. The number of Topliss-reactive ketones (excluding diaryl/α,β-unsaturated/α-hetero) is 2. The van der Waals surface area contributed by atoms with E-state index in [-0.39, 0.29) is 43.0 Å². The first-order chi connectivity index (χ1) is 8.50. The van der Waals surface area contributed by atoms with Crippen molar-refractivity contribution in [3.63, 3.8) is 0 Å². The predicted molar refractivity (Wildman–Crippen MR) is 61.8 cm³/mol. The lowest BCUT2D eigenvalue weighted by atomic mass is 9.71. The molecule has 98 valence electrons. The van der Waals surface area contributed by atoms with Crippen molar-refractivity contribution in [1.82, 2.24) is 0 Å². The second-order valence-corrected chi connectivity index (χ2v) is 4.94. The maximum Gasteiger partial charge on any atom is 0.313 e. The van der Waals surface area contributed by atoms with Crippen LogP contribution in [-0.4, -0.2) is 29.2 Å². The molecule has 1 saturated heterocycles. The standard InChI is InChI=1S/C13H16O5/c1-2-3-8(14)11-9(15)6-13(7-10(11)16)4-5-18-12(13)17/h15H,2-7H2,1H3. The predicted octanol–water partition coefficient (Wildman–Crippen LogP) is 1.46. The van der Waals surface area contributed by atoms with Gasteiger partial charge in [0, 0.05) is 19.3 Å². The van der Waals surface area contributed by atoms with Crippen molar-refractivity contribution < 1.29 is 24.2 Å². The highest BCUT2D eigenvalue weighted by Crippen LogP contribution is 2.44. The van der Waals surface area contributed by atoms with Crippen LogP contribution in [0, 0.1) is 5.41 Å². The molecule has 0 aromatic heterocycles. The quantitative estimate of drug-likeness (QED) is 0.607. The molecule has 1 atom stereocenters. The van der Waals surface area contributed by atoms with Crippen molar-refractivity contribution in [1.29, 1.82) is 0 Å². The maximum atomic E-state index is 12.0. The Bertz CT molecular complexity index is 448. The molecule has 0 amide bonds. The minimum Gasteiger partial charge on any atom is -0.511 e. The van der Waals surface area contributed by atoms with Crippen LogP contribution >= 0.6 is 0 Å². The molecular formula is C13H16O5. The van der Waals surface area contributed by atoms with Crippen molar-refractivity contribution in [3.8, 4) is 0 Å². The van der Waals surface area contributed by atoms with E-state index in [1.165, 1.54) is 0 Å². The molecule has 0 saturated carbocycles. The van der Waals surface area contributed by atoms with Crippen molar-refractivity contribution in [3.05, 3.63) is 11.3 Å². The third kappa shape index (κ3) is 1.94. The fraction of sp³-hybridized carbons (Fsp3) is 0.615. The maximum absolute atomic E-state index is 12.0. The summed E-state index contributed by atoms with van der Waals surface area (Å²) in [4.78, 5) is 35.4. The summed E-state index contributed by atoms with van der Waals surface area (Å²) in [5.41, 5.74) is -1.04. The van der Waals surface area contributed by atoms with Gasteiger partial charge in [-0.05, 0) is 12.8 Å². The van der Waals surface area contributed by atoms with E-state index in [0.717, 1.165) is 0 Å². The fourth-order valence-electron chi connectivity index (χ4n) is 2.61. The molecule has 1 heterocycles. The van der Waals surface area contributed by atoms with Crippen LogP contribution in [0.3, 0.4) is 0 Å². The first-order valence-electron chi connectivity index (χ1n) is 6.16. The van der Waals surface area contributed by atoms with Gasteiger partial charge in [0.1, 0.15) is 5.76 Å². The van der Waals surface area contributed by atoms with Crippen LogP contribution < -0.4 is 0 Å². The van der Waals surface area contributed by atoms with E-state index in [1.54, 1.807) is 0 Å². The van der Waals surface area contributed by atoms with E-state index < -0.39 is 17.2 Å². The SMILES string of the molecule is CCCC(=O)C1=C(O)CC2(CCOC2=O)CC1=O. The summed E-state index contributed by atoms with van der Waals surface area (Å²) in [6.45, 7) is 2.11. The molecule has 18 heavy (non-hydrogen) atoms. The van der Waals surface area contributed by atoms with Crippen LogP contribution in [-0.2, 0) is 19.1 Å². The molecule has 1 aliphatic carbocycles. The Morgan fingerprint density at radius 3 is 2.61 bits per heavy atom. The molecule has 2 rings (SSSR count). The Hall–Kier alpha value is -1.65.